The van der Waals surface area contributed by atoms with E-state index in [-0.39, 0.29) is 11.5 Å². The fraction of sp³-hybridized carbons (Fsp3) is 0.263. The molecule has 0 fully saturated rings. The van der Waals surface area contributed by atoms with Gasteiger partial charge in [-0.3, -0.25) is 4.79 Å². The van der Waals surface area contributed by atoms with Crippen molar-refractivity contribution in [1.82, 2.24) is 4.90 Å². The minimum absolute atomic E-state index is 0.0143. The van der Waals surface area contributed by atoms with Gasteiger partial charge in [-0.15, -0.1) is 0 Å². The maximum absolute atomic E-state index is 13.5. The minimum Gasteiger partial charge on any atom is -0.383 e. The summed E-state index contributed by atoms with van der Waals surface area (Å²) in [5.74, 6) is -0.635. The van der Waals surface area contributed by atoms with Crippen molar-refractivity contribution in [2.24, 2.45) is 0 Å². The molecule has 0 heterocycles. The Morgan fingerprint density at radius 1 is 1.25 bits per heavy atom. The molecule has 124 valence electrons. The van der Waals surface area contributed by atoms with E-state index in [1.54, 1.807) is 36.3 Å². The molecule has 1 amide bonds. The van der Waals surface area contributed by atoms with Gasteiger partial charge < -0.3 is 9.64 Å². The first kappa shape index (κ1) is 17.6. The molecule has 0 unspecified atom stereocenters. The topological polar surface area (TPSA) is 53.3 Å². The quantitative estimate of drug-likeness (QED) is 0.817. The molecular formula is C19H19FN2O2. The summed E-state index contributed by atoms with van der Waals surface area (Å²) in [4.78, 5) is 14.3. The molecule has 4 nitrogen and oxygen atoms in total. The van der Waals surface area contributed by atoms with Crippen molar-refractivity contribution >= 4 is 5.91 Å². The lowest BCUT2D eigenvalue weighted by Gasteiger charge is -2.20. The molecule has 2 aromatic rings. The molecular weight excluding hydrogens is 307 g/mol. The fourth-order valence-corrected chi connectivity index (χ4v) is 2.41. The van der Waals surface area contributed by atoms with E-state index in [9.17, 15) is 9.18 Å². The first-order valence-corrected chi connectivity index (χ1v) is 7.69. The van der Waals surface area contributed by atoms with Crippen LogP contribution in [0.4, 0.5) is 4.39 Å². The van der Waals surface area contributed by atoms with Gasteiger partial charge in [0.25, 0.3) is 5.91 Å². The Balaban J connectivity index is 2.32. The van der Waals surface area contributed by atoms with E-state index in [1.807, 2.05) is 19.1 Å². The Hall–Kier alpha value is -2.71. The molecule has 0 saturated heterocycles. The zero-order valence-corrected chi connectivity index (χ0v) is 13.8. The van der Waals surface area contributed by atoms with E-state index >= 15 is 0 Å². The lowest BCUT2D eigenvalue weighted by atomic mass is 10.0. The summed E-state index contributed by atoms with van der Waals surface area (Å²) >= 11 is 0. The average Bonchev–Trinajstić information content (AvgIpc) is 2.62. The number of nitrogens with zero attached hydrogens (tertiary/aromatic N) is 2. The molecule has 0 bridgehead atoms. The summed E-state index contributed by atoms with van der Waals surface area (Å²) in [6.45, 7) is 3.49. The number of rotatable bonds is 6. The van der Waals surface area contributed by atoms with Gasteiger partial charge in [-0.1, -0.05) is 18.2 Å². The van der Waals surface area contributed by atoms with Crippen LogP contribution in [0, 0.1) is 17.1 Å². The van der Waals surface area contributed by atoms with Crippen molar-refractivity contribution in [2.45, 2.75) is 6.92 Å². The number of carbonyl (C=O) groups excluding carboxylic acids is 1. The number of ether oxygens (including phenoxy) is 1. The summed E-state index contributed by atoms with van der Waals surface area (Å²) < 4.78 is 18.5. The van der Waals surface area contributed by atoms with E-state index in [1.165, 1.54) is 12.1 Å². The Morgan fingerprint density at radius 2 is 2.00 bits per heavy atom. The maximum Gasteiger partial charge on any atom is 0.253 e. The molecule has 0 aliphatic rings. The van der Waals surface area contributed by atoms with Gasteiger partial charge in [0, 0.05) is 25.8 Å². The van der Waals surface area contributed by atoms with Gasteiger partial charge in [0.1, 0.15) is 11.9 Å². The van der Waals surface area contributed by atoms with Crippen LogP contribution in [-0.2, 0) is 4.74 Å². The van der Waals surface area contributed by atoms with Crippen molar-refractivity contribution in [3.05, 3.63) is 59.4 Å². The lowest BCUT2D eigenvalue weighted by molar-refractivity contribution is 0.0706. The van der Waals surface area contributed by atoms with Gasteiger partial charge in [0.2, 0.25) is 0 Å². The first-order chi connectivity index (χ1) is 11.6. The molecule has 24 heavy (non-hydrogen) atoms. The predicted molar refractivity (Wildman–Crippen MR) is 90.0 cm³/mol. The van der Waals surface area contributed by atoms with Crippen molar-refractivity contribution in [3.8, 4) is 17.2 Å². The molecule has 2 aromatic carbocycles. The molecule has 0 radical (unpaired) electrons. The van der Waals surface area contributed by atoms with Crippen molar-refractivity contribution in [2.75, 3.05) is 26.8 Å². The average molecular weight is 326 g/mol. The van der Waals surface area contributed by atoms with Crippen molar-refractivity contribution < 1.29 is 13.9 Å². The third-order valence-corrected chi connectivity index (χ3v) is 3.76. The van der Waals surface area contributed by atoms with Crippen LogP contribution < -0.4 is 0 Å². The Morgan fingerprint density at radius 3 is 2.67 bits per heavy atom. The van der Waals surface area contributed by atoms with E-state index in [0.29, 0.717) is 30.8 Å². The number of nitriles is 1. The Labute approximate surface area is 141 Å². The molecule has 0 saturated carbocycles. The highest BCUT2D eigenvalue weighted by Gasteiger charge is 2.15. The van der Waals surface area contributed by atoms with Gasteiger partial charge in [-0.2, -0.15) is 5.26 Å². The van der Waals surface area contributed by atoms with Gasteiger partial charge >= 0.3 is 0 Å². The third kappa shape index (κ3) is 3.98. The highest BCUT2D eigenvalue weighted by atomic mass is 19.1. The SMILES string of the molecule is CCN(CCOC)C(=O)c1cccc(-c2ccc(F)c(C#N)c2)c1. The third-order valence-electron chi connectivity index (χ3n) is 3.76. The number of benzene rings is 2. The summed E-state index contributed by atoms with van der Waals surface area (Å²) in [6, 6.07) is 13.3. The lowest BCUT2D eigenvalue weighted by Crippen LogP contribution is -2.33. The molecule has 5 heteroatoms. The molecule has 0 aliphatic heterocycles. The van der Waals surface area contributed by atoms with Crippen molar-refractivity contribution in [1.29, 1.82) is 5.26 Å². The maximum atomic E-state index is 13.5. The summed E-state index contributed by atoms with van der Waals surface area (Å²) in [7, 11) is 1.60. The van der Waals surface area contributed by atoms with E-state index < -0.39 is 5.82 Å². The minimum atomic E-state index is -0.551. The fourth-order valence-electron chi connectivity index (χ4n) is 2.41. The molecule has 0 spiro atoms. The predicted octanol–water partition coefficient (Wildman–Crippen LogP) is 3.47. The summed E-state index contributed by atoms with van der Waals surface area (Å²) in [6.07, 6.45) is 0. The van der Waals surface area contributed by atoms with Crippen LogP contribution in [0.15, 0.2) is 42.5 Å². The van der Waals surface area contributed by atoms with E-state index in [4.69, 9.17) is 10.00 Å². The molecule has 0 aliphatic carbocycles. The van der Waals surface area contributed by atoms with Gasteiger partial charge in [0.15, 0.2) is 0 Å². The standard InChI is InChI=1S/C19H19FN2O2/c1-3-22(9-10-24-2)19(23)16-6-4-5-14(11-16)15-7-8-18(20)17(12-15)13-21/h4-8,11-12H,3,9-10H2,1-2H3. The van der Waals surface area contributed by atoms with Crippen LogP contribution in [0.5, 0.6) is 0 Å². The summed E-state index contributed by atoms with van der Waals surface area (Å²) in [5.41, 5.74) is 2.00. The second kappa shape index (κ2) is 8.23. The monoisotopic (exact) mass is 326 g/mol. The highest BCUT2D eigenvalue weighted by Crippen LogP contribution is 2.23. The largest absolute Gasteiger partial charge is 0.383 e. The van der Waals surface area contributed by atoms with Gasteiger partial charge in [0.05, 0.1) is 12.2 Å². The Bertz CT molecular complexity index is 768. The number of likely N-dealkylation sites (N-methyl/N-ethyl adjacent to an activating group) is 1. The second-order valence-corrected chi connectivity index (χ2v) is 5.26. The van der Waals surface area contributed by atoms with Crippen molar-refractivity contribution in [3.63, 3.8) is 0 Å². The van der Waals surface area contributed by atoms with E-state index in [0.717, 1.165) is 5.56 Å². The van der Waals surface area contributed by atoms with Crippen LogP contribution in [0.1, 0.15) is 22.8 Å². The van der Waals surface area contributed by atoms with Gasteiger partial charge in [-0.25, -0.2) is 4.39 Å². The van der Waals surface area contributed by atoms with Crippen LogP contribution in [0.2, 0.25) is 0 Å². The molecule has 2 rings (SSSR count). The molecule has 0 aromatic heterocycles. The first-order valence-electron chi connectivity index (χ1n) is 7.69. The number of hydrogen-bond acceptors (Lipinski definition) is 3. The van der Waals surface area contributed by atoms with E-state index in [2.05, 4.69) is 0 Å². The number of carbonyl (C=O) groups is 1. The van der Waals surface area contributed by atoms with Crippen LogP contribution in [0.25, 0.3) is 11.1 Å². The Kier molecular flexibility index (Phi) is 6.05. The second-order valence-electron chi connectivity index (χ2n) is 5.26. The zero-order valence-electron chi connectivity index (χ0n) is 13.8. The van der Waals surface area contributed by atoms with Gasteiger partial charge in [-0.05, 0) is 42.3 Å². The van der Waals surface area contributed by atoms with Crippen LogP contribution in [-0.4, -0.2) is 37.6 Å². The number of methoxy groups -OCH3 is 1. The normalized spacial score (nSPS) is 10.2. The number of hydrogen-bond donors (Lipinski definition) is 0. The highest BCUT2D eigenvalue weighted by molar-refractivity contribution is 5.95. The van der Waals surface area contributed by atoms with Crippen LogP contribution >= 0.6 is 0 Å². The zero-order chi connectivity index (χ0) is 17.5. The molecule has 0 N–H and O–H groups in total. The number of amides is 1. The van der Waals surface area contributed by atoms with Crippen LogP contribution in [0.3, 0.4) is 0 Å². The smallest absolute Gasteiger partial charge is 0.253 e. The summed E-state index contributed by atoms with van der Waals surface area (Å²) in [5, 5.41) is 8.96. The molecule has 0 atom stereocenters. The number of halogens is 1.